The number of hydrogen-bond acceptors (Lipinski definition) is 4. The van der Waals surface area contributed by atoms with Gasteiger partial charge in [0.1, 0.15) is 11.6 Å². The van der Waals surface area contributed by atoms with Gasteiger partial charge in [0.2, 0.25) is 0 Å². The van der Waals surface area contributed by atoms with Gasteiger partial charge in [0.05, 0.1) is 23.6 Å². The van der Waals surface area contributed by atoms with Gasteiger partial charge in [-0.1, -0.05) is 44.0 Å². The Morgan fingerprint density at radius 3 is 2.62 bits per heavy atom. The van der Waals surface area contributed by atoms with Crippen molar-refractivity contribution in [3.05, 3.63) is 87.6 Å². The highest BCUT2D eigenvalue weighted by molar-refractivity contribution is 6.05. The fraction of sp³-hybridized carbons (Fsp3) is 0.333. The quantitative estimate of drug-likeness (QED) is 0.478. The average Bonchev–Trinajstić information content (AvgIpc) is 3.26. The minimum absolute atomic E-state index is 0.0129. The van der Waals surface area contributed by atoms with Gasteiger partial charge in [-0.3, -0.25) is 14.2 Å². The molecule has 0 aliphatic carbocycles. The number of nitrogens with one attached hydrogen (secondary N) is 1. The molecule has 2 aromatic carbocycles. The zero-order valence-corrected chi connectivity index (χ0v) is 19.5. The van der Waals surface area contributed by atoms with Crippen molar-refractivity contribution in [3.8, 4) is 0 Å². The van der Waals surface area contributed by atoms with E-state index >= 15 is 0 Å². The Bertz CT molecular complexity index is 1380. The van der Waals surface area contributed by atoms with Crippen LogP contribution in [0.1, 0.15) is 59.9 Å². The van der Waals surface area contributed by atoms with Crippen LogP contribution < -0.4 is 10.9 Å². The molecule has 34 heavy (non-hydrogen) atoms. The predicted molar refractivity (Wildman–Crippen MR) is 133 cm³/mol. The van der Waals surface area contributed by atoms with E-state index in [9.17, 15) is 9.59 Å². The Morgan fingerprint density at radius 2 is 1.79 bits per heavy atom. The highest BCUT2D eigenvalue weighted by atomic mass is 16.2. The third kappa shape index (κ3) is 4.51. The van der Waals surface area contributed by atoms with Crippen LogP contribution >= 0.6 is 0 Å². The molecule has 174 valence electrons. The lowest BCUT2D eigenvalue weighted by Gasteiger charge is -2.16. The van der Waals surface area contributed by atoms with Crippen LogP contribution in [0.3, 0.4) is 0 Å². The number of benzene rings is 2. The van der Waals surface area contributed by atoms with Crippen molar-refractivity contribution < 1.29 is 4.79 Å². The summed E-state index contributed by atoms with van der Waals surface area (Å²) in [6, 6.07) is 15.3. The SMILES string of the molecule is CCc1ccc(Cn2nccc2NC(=O)c2ccc3c(=O)n4c(nc3c2)CCCCCC4)cc1. The number of fused-ring (bicyclic) bond motifs is 2. The molecule has 5 rings (SSSR count). The Hall–Kier alpha value is -3.74. The maximum absolute atomic E-state index is 13.1. The minimum Gasteiger partial charge on any atom is -0.307 e. The van der Waals surface area contributed by atoms with Crippen molar-refractivity contribution in [3.63, 3.8) is 0 Å². The monoisotopic (exact) mass is 455 g/mol. The third-order valence-electron chi connectivity index (χ3n) is 6.55. The van der Waals surface area contributed by atoms with Crippen LogP contribution in [0.15, 0.2) is 59.5 Å². The summed E-state index contributed by atoms with van der Waals surface area (Å²) in [7, 11) is 0. The van der Waals surface area contributed by atoms with Gasteiger partial charge in [-0.2, -0.15) is 5.10 Å². The van der Waals surface area contributed by atoms with Crippen LogP contribution in [0.25, 0.3) is 10.9 Å². The summed E-state index contributed by atoms with van der Waals surface area (Å²) in [6.45, 7) is 3.41. The molecule has 1 aliphatic rings. The topological polar surface area (TPSA) is 81.8 Å². The summed E-state index contributed by atoms with van der Waals surface area (Å²) in [5.41, 5.74) is 3.43. The number of nitrogens with zero attached hydrogens (tertiary/aromatic N) is 4. The second-order valence-electron chi connectivity index (χ2n) is 8.88. The number of aryl methyl sites for hydroxylation is 2. The largest absolute Gasteiger partial charge is 0.307 e. The van der Waals surface area contributed by atoms with E-state index in [1.807, 2.05) is 4.57 Å². The number of carbonyl (C=O) groups excluding carboxylic acids is 1. The molecule has 0 atom stereocenters. The molecule has 2 aromatic heterocycles. The molecule has 0 fully saturated rings. The molecule has 0 spiro atoms. The summed E-state index contributed by atoms with van der Waals surface area (Å²) >= 11 is 0. The molecule has 0 unspecified atom stereocenters. The van der Waals surface area contributed by atoms with E-state index < -0.39 is 0 Å². The van der Waals surface area contributed by atoms with Crippen molar-refractivity contribution in [1.82, 2.24) is 19.3 Å². The highest BCUT2D eigenvalue weighted by Crippen LogP contribution is 2.18. The zero-order valence-electron chi connectivity index (χ0n) is 19.5. The molecule has 0 radical (unpaired) electrons. The molecule has 4 aromatic rings. The van der Waals surface area contributed by atoms with E-state index in [2.05, 4.69) is 41.6 Å². The van der Waals surface area contributed by atoms with E-state index in [0.29, 0.717) is 35.4 Å². The van der Waals surface area contributed by atoms with Gasteiger partial charge in [-0.05, 0) is 48.6 Å². The van der Waals surface area contributed by atoms with Gasteiger partial charge in [0.25, 0.3) is 11.5 Å². The second kappa shape index (κ2) is 9.63. The Morgan fingerprint density at radius 1 is 1.00 bits per heavy atom. The number of anilines is 1. The Kier molecular flexibility index (Phi) is 6.25. The fourth-order valence-electron chi connectivity index (χ4n) is 4.54. The zero-order chi connectivity index (χ0) is 23.5. The maximum atomic E-state index is 13.1. The van der Waals surface area contributed by atoms with Crippen molar-refractivity contribution in [2.45, 2.75) is 58.5 Å². The number of carbonyl (C=O) groups is 1. The molecule has 1 aliphatic heterocycles. The molecular weight excluding hydrogens is 426 g/mol. The molecule has 1 amide bonds. The van der Waals surface area contributed by atoms with E-state index in [4.69, 9.17) is 4.98 Å². The Balaban J connectivity index is 1.38. The van der Waals surface area contributed by atoms with Gasteiger partial charge >= 0.3 is 0 Å². The second-order valence-corrected chi connectivity index (χ2v) is 8.88. The summed E-state index contributed by atoms with van der Waals surface area (Å²) < 4.78 is 3.58. The van der Waals surface area contributed by atoms with Gasteiger partial charge < -0.3 is 5.32 Å². The van der Waals surface area contributed by atoms with Crippen LogP contribution in [0, 0.1) is 0 Å². The minimum atomic E-state index is -0.251. The first-order valence-corrected chi connectivity index (χ1v) is 12.1. The van der Waals surface area contributed by atoms with Gasteiger partial charge in [0.15, 0.2) is 0 Å². The van der Waals surface area contributed by atoms with Gasteiger partial charge in [-0.25, -0.2) is 9.67 Å². The lowest BCUT2D eigenvalue weighted by atomic mass is 10.1. The van der Waals surface area contributed by atoms with Crippen LogP contribution in [0.5, 0.6) is 0 Å². The molecule has 3 heterocycles. The lowest BCUT2D eigenvalue weighted by Crippen LogP contribution is -2.26. The van der Waals surface area contributed by atoms with Crippen molar-refractivity contribution in [2.24, 2.45) is 0 Å². The van der Waals surface area contributed by atoms with Crippen LogP contribution in [0.4, 0.5) is 5.82 Å². The van der Waals surface area contributed by atoms with Crippen molar-refractivity contribution >= 4 is 22.6 Å². The van der Waals surface area contributed by atoms with E-state index in [0.717, 1.165) is 49.9 Å². The molecule has 7 heteroatoms. The van der Waals surface area contributed by atoms with Crippen LogP contribution in [-0.2, 0) is 25.9 Å². The smallest absolute Gasteiger partial charge is 0.261 e. The molecule has 1 N–H and O–H groups in total. The van der Waals surface area contributed by atoms with Crippen LogP contribution in [0.2, 0.25) is 0 Å². The molecule has 0 saturated heterocycles. The first-order valence-electron chi connectivity index (χ1n) is 12.1. The number of hydrogen-bond donors (Lipinski definition) is 1. The summed E-state index contributed by atoms with van der Waals surface area (Å²) in [5.74, 6) is 1.19. The number of aromatic nitrogens is 4. The number of amides is 1. The molecular formula is C27H29N5O2. The lowest BCUT2D eigenvalue weighted by molar-refractivity contribution is 0.102. The first kappa shape index (κ1) is 22.1. The molecule has 0 bridgehead atoms. The fourth-order valence-corrected chi connectivity index (χ4v) is 4.54. The van der Waals surface area contributed by atoms with E-state index in [-0.39, 0.29) is 11.5 Å². The van der Waals surface area contributed by atoms with Crippen LogP contribution in [-0.4, -0.2) is 25.2 Å². The standard InChI is InChI=1S/C27H29N5O2/c1-2-19-8-10-20(11-9-19)18-32-25(14-15-28-32)30-26(33)21-12-13-22-23(17-21)29-24-7-5-3-4-6-16-31(24)27(22)34/h8-15,17H,2-7,16,18H2,1H3,(H,30,33). The van der Waals surface area contributed by atoms with Gasteiger partial charge in [0, 0.05) is 24.6 Å². The number of rotatable bonds is 5. The maximum Gasteiger partial charge on any atom is 0.261 e. The predicted octanol–water partition coefficient (Wildman–Crippen LogP) is 4.57. The average molecular weight is 456 g/mol. The highest BCUT2D eigenvalue weighted by Gasteiger charge is 2.16. The van der Waals surface area contributed by atoms with Crippen molar-refractivity contribution in [1.29, 1.82) is 0 Å². The third-order valence-corrected chi connectivity index (χ3v) is 6.55. The normalized spacial score (nSPS) is 13.8. The molecule has 0 saturated carbocycles. The molecule has 7 nitrogen and oxygen atoms in total. The van der Waals surface area contributed by atoms with Gasteiger partial charge in [-0.15, -0.1) is 0 Å². The van der Waals surface area contributed by atoms with Crippen molar-refractivity contribution in [2.75, 3.05) is 5.32 Å². The summed E-state index contributed by atoms with van der Waals surface area (Å²) in [5, 5.41) is 7.89. The summed E-state index contributed by atoms with van der Waals surface area (Å²) in [6.07, 6.45) is 7.80. The van der Waals surface area contributed by atoms with E-state index in [1.165, 1.54) is 5.56 Å². The summed E-state index contributed by atoms with van der Waals surface area (Å²) in [4.78, 5) is 30.9. The Labute approximate surface area is 198 Å². The van der Waals surface area contributed by atoms with E-state index in [1.54, 1.807) is 35.1 Å². The first-order chi connectivity index (χ1) is 16.6.